The third-order valence-electron chi connectivity index (χ3n) is 5.09. The molecule has 0 saturated heterocycles. The summed E-state index contributed by atoms with van der Waals surface area (Å²) >= 11 is 6.03. The number of benzene rings is 2. The molecule has 160 valence electrons. The Morgan fingerprint density at radius 1 is 1.03 bits per heavy atom. The maximum atomic E-state index is 12.6. The van der Waals surface area contributed by atoms with Gasteiger partial charge in [0.25, 0.3) is 5.91 Å². The monoisotopic (exact) mass is 431 g/mol. The number of methoxy groups -OCH3 is 3. The first kappa shape index (κ1) is 21.8. The number of rotatable bonds is 7. The summed E-state index contributed by atoms with van der Waals surface area (Å²) in [6, 6.07) is 9.02. The zero-order chi connectivity index (χ0) is 21.7. The minimum absolute atomic E-state index is 0.0145. The van der Waals surface area contributed by atoms with Crippen molar-refractivity contribution in [2.24, 2.45) is 0 Å². The van der Waals surface area contributed by atoms with E-state index in [0.717, 1.165) is 16.7 Å². The lowest BCUT2D eigenvalue weighted by Crippen LogP contribution is -2.37. The molecule has 0 fully saturated rings. The Bertz CT molecular complexity index is 932. The second-order valence-corrected chi connectivity index (χ2v) is 7.33. The Kier molecular flexibility index (Phi) is 7.11. The Morgan fingerprint density at radius 3 is 2.27 bits per heavy atom. The summed E-state index contributed by atoms with van der Waals surface area (Å²) in [6.07, 6.45) is 2.71. The van der Waals surface area contributed by atoms with Crippen LogP contribution in [-0.2, 0) is 4.79 Å². The lowest BCUT2D eigenvalue weighted by Gasteiger charge is -2.28. The van der Waals surface area contributed by atoms with E-state index in [2.05, 4.69) is 0 Å². The molecule has 2 aromatic rings. The second-order valence-electron chi connectivity index (χ2n) is 6.93. The highest BCUT2D eigenvalue weighted by atomic mass is 35.5. The first-order valence-electron chi connectivity index (χ1n) is 9.63. The van der Waals surface area contributed by atoms with Gasteiger partial charge in [0.2, 0.25) is 0 Å². The lowest BCUT2D eigenvalue weighted by atomic mass is 9.97. The fraction of sp³-hybridized carbons (Fsp3) is 0.348. The summed E-state index contributed by atoms with van der Waals surface area (Å²) in [4.78, 5) is 14.3. The van der Waals surface area contributed by atoms with Crippen LogP contribution in [0.15, 0.2) is 36.4 Å². The fourth-order valence-corrected chi connectivity index (χ4v) is 3.51. The van der Waals surface area contributed by atoms with Crippen LogP contribution in [0.3, 0.4) is 0 Å². The first-order valence-corrected chi connectivity index (χ1v) is 10.0. The van der Waals surface area contributed by atoms with E-state index in [0.29, 0.717) is 47.5 Å². The number of halogens is 1. The summed E-state index contributed by atoms with van der Waals surface area (Å²) < 4.78 is 22.1. The van der Waals surface area contributed by atoms with E-state index in [-0.39, 0.29) is 12.5 Å². The van der Waals surface area contributed by atoms with Gasteiger partial charge in [0.15, 0.2) is 6.61 Å². The quantitative estimate of drug-likeness (QED) is 0.651. The zero-order valence-corrected chi connectivity index (χ0v) is 18.4. The van der Waals surface area contributed by atoms with E-state index in [4.69, 9.17) is 30.5 Å². The van der Waals surface area contributed by atoms with Crippen LogP contribution in [0.2, 0.25) is 5.02 Å². The Morgan fingerprint density at radius 2 is 1.73 bits per heavy atom. The number of carbonyl (C=O) groups is 1. The van der Waals surface area contributed by atoms with Crippen molar-refractivity contribution >= 4 is 23.1 Å². The first-order chi connectivity index (χ1) is 14.5. The molecule has 0 radical (unpaired) electrons. The smallest absolute Gasteiger partial charge is 0.260 e. The molecular formula is C23H26ClNO5. The summed E-state index contributed by atoms with van der Waals surface area (Å²) in [5, 5.41) is 0.673. The summed E-state index contributed by atoms with van der Waals surface area (Å²) in [5.74, 6) is 2.59. The predicted octanol–water partition coefficient (Wildman–Crippen LogP) is 4.37. The van der Waals surface area contributed by atoms with Crippen molar-refractivity contribution < 1.29 is 23.7 Å². The molecule has 0 aromatic heterocycles. The summed E-state index contributed by atoms with van der Waals surface area (Å²) in [7, 11) is 4.84. The predicted molar refractivity (Wildman–Crippen MR) is 117 cm³/mol. The van der Waals surface area contributed by atoms with Crippen LogP contribution in [0.5, 0.6) is 23.0 Å². The number of hydrogen-bond donors (Lipinski definition) is 0. The van der Waals surface area contributed by atoms with Crippen molar-refractivity contribution in [1.82, 2.24) is 4.90 Å². The maximum absolute atomic E-state index is 12.6. The van der Waals surface area contributed by atoms with Gasteiger partial charge in [0.05, 0.1) is 26.9 Å². The van der Waals surface area contributed by atoms with E-state index in [1.807, 2.05) is 31.2 Å². The van der Waals surface area contributed by atoms with Crippen LogP contribution in [0.4, 0.5) is 0 Å². The molecule has 30 heavy (non-hydrogen) atoms. The average molecular weight is 432 g/mol. The van der Waals surface area contributed by atoms with Gasteiger partial charge in [-0.15, -0.1) is 0 Å². The molecule has 1 amide bonds. The number of carbonyl (C=O) groups excluding carboxylic acids is 1. The van der Waals surface area contributed by atoms with Crippen LogP contribution < -0.4 is 18.9 Å². The van der Waals surface area contributed by atoms with Crippen molar-refractivity contribution in [2.45, 2.75) is 13.3 Å². The van der Waals surface area contributed by atoms with Crippen LogP contribution in [0, 0.1) is 6.92 Å². The molecular weight excluding hydrogens is 406 g/mol. The Balaban J connectivity index is 1.69. The Hall–Kier alpha value is -2.86. The van der Waals surface area contributed by atoms with Gasteiger partial charge in [-0.3, -0.25) is 4.79 Å². The standard InChI is InChI=1S/C23H26ClNO5/c1-15-11-17(5-6-19(15)24)30-14-22(26)25-9-7-16(8-10-25)23-20(28-3)12-18(27-2)13-21(23)29-4/h5-7,11-13H,8-10,14H2,1-4H3. The maximum Gasteiger partial charge on any atom is 0.260 e. The van der Waals surface area contributed by atoms with Crippen LogP contribution >= 0.6 is 11.6 Å². The van der Waals surface area contributed by atoms with Gasteiger partial charge in [-0.1, -0.05) is 17.7 Å². The molecule has 1 aliphatic rings. The van der Waals surface area contributed by atoms with Gasteiger partial charge in [0.1, 0.15) is 23.0 Å². The second kappa shape index (κ2) is 9.76. The minimum Gasteiger partial charge on any atom is -0.496 e. The molecule has 0 atom stereocenters. The van der Waals surface area contributed by atoms with Crippen molar-refractivity contribution in [2.75, 3.05) is 41.0 Å². The minimum atomic E-state index is -0.0634. The molecule has 2 aromatic carbocycles. The lowest BCUT2D eigenvalue weighted by molar-refractivity contribution is -0.132. The fourth-order valence-electron chi connectivity index (χ4n) is 3.39. The Labute approximate surface area is 181 Å². The van der Waals surface area contributed by atoms with Crippen LogP contribution in [0.25, 0.3) is 5.57 Å². The summed E-state index contributed by atoms with van der Waals surface area (Å²) in [5.41, 5.74) is 2.87. The molecule has 0 bridgehead atoms. The van der Waals surface area contributed by atoms with Gasteiger partial charge < -0.3 is 23.8 Å². The van der Waals surface area contributed by atoms with Crippen molar-refractivity contribution in [1.29, 1.82) is 0 Å². The van der Waals surface area contributed by atoms with Gasteiger partial charge in [-0.05, 0) is 42.7 Å². The van der Waals surface area contributed by atoms with Crippen molar-refractivity contribution in [3.05, 3.63) is 52.6 Å². The molecule has 7 heteroatoms. The zero-order valence-electron chi connectivity index (χ0n) is 17.7. The van der Waals surface area contributed by atoms with Crippen molar-refractivity contribution in [3.8, 4) is 23.0 Å². The van der Waals surface area contributed by atoms with Crippen LogP contribution in [-0.4, -0.2) is 51.8 Å². The van der Waals surface area contributed by atoms with E-state index in [1.165, 1.54) is 0 Å². The largest absolute Gasteiger partial charge is 0.496 e. The summed E-state index contributed by atoms with van der Waals surface area (Å²) in [6.45, 7) is 2.97. The van der Waals surface area contributed by atoms with Crippen molar-refractivity contribution in [3.63, 3.8) is 0 Å². The number of ether oxygens (including phenoxy) is 4. The molecule has 0 saturated carbocycles. The van der Waals surface area contributed by atoms with E-state index < -0.39 is 0 Å². The topological polar surface area (TPSA) is 57.2 Å². The highest BCUT2D eigenvalue weighted by molar-refractivity contribution is 6.31. The third kappa shape index (κ3) is 4.82. The highest BCUT2D eigenvalue weighted by Crippen LogP contribution is 2.40. The van der Waals surface area contributed by atoms with E-state index in [1.54, 1.807) is 38.4 Å². The molecule has 0 aliphatic carbocycles. The number of aryl methyl sites for hydroxylation is 1. The van der Waals surface area contributed by atoms with Gasteiger partial charge in [-0.25, -0.2) is 0 Å². The van der Waals surface area contributed by atoms with Gasteiger partial charge in [-0.2, -0.15) is 0 Å². The molecule has 1 heterocycles. The van der Waals surface area contributed by atoms with E-state index in [9.17, 15) is 4.79 Å². The average Bonchev–Trinajstić information content (AvgIpc) is 2.78. The van der Waals surface area contributed by atoms with E-state index >= 15 is 0 Å². The number of amides is 1. The normalized spacial score (nSPS) is 13.5. The molecule has 3 rings (SSSR count). The highest BCUT2D eigenvalue weighted by Gasteiger charge is 2.23. The molecule has 0 spiro atoms. The van der Waals surface area contributed by atoms with Crippen LogP contribution in [0.1, 0.15) is 17.5 Å². The molecule has 1 aliphatic heterocycles. The molecule has 6 nitrogen and oxygen atoms in total. The molecule has 0 N–H and O–H groups in total. The molecule has 0 unspecified atom stereocenters. The third-order valence-corrected chi connectivity index (χ3v) is 5.51. The number of nitrogens with zero attached hydrogens (tertiary/aromatic N) is 1. The van der Waals surface area contributed by atoms with Gasteiger partial charge in [0, 0.05) is 30.2 Å². The SMILES string of the molecule is COc1cc(OC)c(C2=CCN(C(=O)COc3ccc(Cl)c(C)c3)CC2)c(OC)c1. The number of hydrogen-bond acceptors (Lipinski definition) is 5. The van der Waals surface area contributed by atoms with Gasteiger partial charge >= 0.3 is 0 Å².